The molecule has 7 heteroatoms. The van der Waals surface area contributed by atoms with Crippen molar-refractivity contribution in [2.45, 2.75) is 25.3 Å². The van der Waals surface area contributed by atoms with Gasteiger partial charge in [-0.2, -0.15) is 0 Å². The molecule has 0 aliphatic carbocycles. The molecule has 1 aliphatic rings. The van der Waals surface area contributed by atoms with Gasteiger partial charge in [-0.25, -0.2) is 9.97 Å². The maximum absolute atomic E-state index is 12.3. The van der Waals surface area contributed by atoms with Crippen LogP contribution in [0.15, 0.2) is 48.9 Å². The van der Waals surface area contributed by atoms with Crippen LogP contribution in [0, 0.1) is 0 Å². The molecule has 3 heterocycles. The number of aromatic nitrogens is 3. The lowest BCUT2D eigenvalue weighted by atomic mass is 10.1. The van der Waals surface area contributed by atoms with Gasteiger partial charge in [0.1, 0.15) is 17.8 Å². The maximum Gasteiger partial charge on any atom is 0.222 e. The van der Waals surface area contributed by atoms with Crippen LogP contribution in [-0.4, -0.2) is 46.5 Å². The number of para-hydroxylation sites is 1. The van der Waals surface area contributed by atoms with E-state index in [4.69, 9.17) is 0 Å². The molecule has 1 saturated heterocycles. The lowest BCUT2D eigenvalue weighted by Gasteiger charge is -2.34. The molecular weight excluding hydrogens is 340 g/mol. The number of fused-ring (bicyclic) bond motifs is 1. The second-order valence-electron chi connectivity index (χ2n) is 6.83. The first-order valence-electron chi connectivity index (χ1n) is 9.41. The van der Waals surface area contributed by atoms with Gasteiger partial charge in [0.05, 0.1) is 5.39 Å². The van der Waals surface area contributed by atoms with E-state index in [2.05, 4.69) is 30.5 Å². The lowest BCUT2D eigenvalue weighted by Crippen LogP contribution is -2.48. The van der Waals surface area contributed by atoms with Crippen molar-refractivity contribution in [1.82, 2.24) is 20.3 Å². The topological polar surface area (TPSA) is 85.9 Å². The molecule has 3 N–H and O–H groups in total. The van der Waals surface area contributed by atoms with Crippen LogP contribution in [0.2, 0.25) is 0 Å². The number of anilines is 2. The van der Waals surface area contributed by atoms with Gasteiger partial charge in [-0.3, -0.25) is 4.79 Å². The third-order valence-corrected chi connectivity index (χ3v) is 4.87. The number of piperidine rings is 1. The van der Waals surface area contributed by atoms with Crippen LogP contribution >= 0.6 is 0 Å². The summed E-state index contributed by atoms with van der Waals surface area (Å²) >= 11 is 0. The largest absolute Gasteiger partial charge is 0.385 e. The third kappa shape index (κ3) is 4.19. The molecule has 1 unspecified atom stereocenters. The molecule has 0 radical (unpaired) electrons. The van der Waals surface area contributed by atoms with E-state index in [1.54, 1.807) is 6.33 Å². The van der Waals surface area contributed by atoms with Gasteiger partial charge in [-0.15, -0.1) is 0 Å². The second-order valence-corrected chi connectivity index (χ2v) is 6.83. The van der Waals surface area contributed by atoms with Crippen molar-refractivity contribution in [3.05, 3.63) is 48.9 Å². The molecule has 0 saturated carbocycles. The maximum atomic E-state index is 12.3. The summed E-state index contributed by atoms with van der Waals surface area (Å²) in [5.74, 6) is 1.02. The summed E-state index contributed by atoms with van der Waals surface area (Å²) in [6, 6.07) is 12.1. The number of H-pyrrole nitrogens is 1. The fourth-order valence-electron chi connectivity index (χ4n) is 3.57. The predicted molar refractivity (Wildman–Crippen MR) is 107 cm³/mol. The molecule has 0 spiro atoms. The molecule has 1 amide bonds. The molecule has 1 atom stereocenters. The van der Waals surface area contributed by atoms with Gasteiger partial charge >= 0.3 is 0 Å². The Morgan fingerprint density at radius 2 is 2.11 bits per heavy atom. The zero-order valence-corrected chi connectivity index (χ0v) is 15.2. The molecule has 2 aromatic heterocycles. The molecular formula is C20H24N6O. The van der Waals surface area contributed by atoms with Gasteiger partial charge in [0.25, 0.3) is 0 Å². The van der Waals surface area contributed by atoms with Crippen LogP contribution in [0.4, 0.5) is 11.5 Å². The predicted octanol–water partition coefficient (Wildman–Crippen LogP) is 2.55. The fraction of sp³-hybridized carbons (Fsp3) is 0.350. The van der Waals surface area contributed by atoms with Crippen LogP contribution in [0.3, 0.4) is 0 Å². The number of nitrogens with zero attached hydrogens (tertiary/aromatic N) is 3. The first-order valence-corrected chi connectivity index (χ1v) is 9.41. The Bertz CT molecular complexity index is 894. The Labute approximate surface area is 158 Å². The number of amides is 1. The van der Waals surface area contributed by atoms with Crippen molar-refractivity contribution in [2.75, 3.05) is 29.9 Å². The zero-order chi connectivity index (χ0) is 18.5. The summed E-state index contributed by atoms with van der Waals surface area (Å²) < 4.78 is 0. The van der Waals surface area contributed by atoms with E-state index in [1.165, 1.54) is 0 Å². The Morgan fingerprint density at radius 1 is 1.22 bits per heavy atom. The number of carbonyl (C=O) groups excluding carboxylic acids is 1. The fourth-order valence-corrected chi connectivity index (χ4v) is 3.57. The minimum absolute atomic E-state index is 0.0831. The SMILES string of the molecule is O=C(CCNc1ccccc1)NC1CCCN(c2ncnc3[nH]ccc23)C1. The average molecular weight is 364 g/mol. The van der Waals surface area contributed by atoms with Crippen LogP contribution < -0.4 is 15.5 Å². The zero-order valence-electron chi connectivity index (χ0n) is 15.2. The first kappa shape index (κ1) is 17.3. The smallest absolute Gasteiger partial charge is 0.222 e. The highest BCUT2D eigenvalue weighted by atomic mass is 16.1. The molecule has 4 rings (SSSR count). The van der Waals surface area contributed by atoms with Gasteiger partial charge in [0.15, 0.2) is 0 Å². The van der Waals surface area contributed by atoms with E-state index in [1.807, 2.05) is 42.6 Å². The molecule has 140 valence electrons. The number of hydrogen-bond donors (Lipinski definition) is 3. The van der Waals surface area contributed by atoms with Gasteiger partial charge in [-0.1, -0.05) is 18.2 Å². The van der Waals surface area contributed by atoms with Crippen molar-refractivity contribution >= 4 is 28.4 Å². The van der Waals surface area contributed by atoms with Crippen molar-refractivity contribution in [3.63, 3.8) is 0 Å². The molecule has 1 fully saturated rings. The monoisotopic (exact) mass is 364 g/mol. The number of nitrogens with one attached hydrogen (secondary N) is 3. The summed E-state index contributed by atoms with van der Waals surface area (Å²) in [5.41, 5.74) is 1.88. The number of hydrogen-bond acceptors (Lipinski definition) is 5. The van der Waals surface area contributed by atoms with E-state index >= 15 is 0 Å². The van der Waals surface area contributed by atoms with Gasteiger partial charge in [0.2, 0.25) is 5.91 Å². The highest BCUT2D eigenvalue weighted by Gasteiger charge is 2.23. The second kappa shape index (κ2) is 8.07. The van der Waals surface area contributed by atoms with Crippen LogP contribution in [-0.2, 0) is 4.79 Å². The van der Waals surface area contributed by atoms with Crippen molar-refractivity contribution < 1.29 is 4.79 Å². The average Bonchev–Trinajstić information content (AvgIpc) is 3.18. The van der Waals surface area contributed by atoms with E-state index in [-0.39, 0.29) is 11.9 Å². The Morgan fingerprint density at radius 3 is 3.00 bits per heavy atom. The molecule has 7 nitrogen and oxygen atoms in total. The van der Waals surface area contributed by atoms with E-state index in [9.17, 15) is 4.79 Å². The third-order valence-electron chi connectivity index (χ3n) is 4.87. The lowest BCUT2D eigenvalue weighted by molar-refractivity contribution is -0.121. The summed E-state index contributed by atoms with van der Waals surface area (Å²) in [4.78, 5) is 26.4. The molecule has 1 aliphatic heterocycles. The van der Waals surface area contributed by atoms with Crippen molar-refractivity contribution in [3.8, 4) is 0 Å². The molecule has 3 aromatic rings. The van der Waals surface area contributed by atoms with Crippen LogP contribution in [0.1, 0.15) is 19.3 Å². The minimum Gasteiger partial charge on any atom is -0.385 e. The summed E-state index contributed by atoms with van der Waals surface area (Å²) in [6.07, 6.45) is 5.96. The van der Waals surface area contributed by atoms with Gasteiger partial charge in [0, 0.05) is 44.0 Å². The molecule has 0 bridgehead atoms. The number of benzene rings is 1. The molecule has 27 heavy (non-hydrogen) atoms. The van der Waals surface area contributed by atoms with Crippen LogP contribution in [0.25, 0.3) is 11.0 Å². The van der Waals surface area contributed by atoms with E-state index in [0.717, 1.165) is 48.5 Å². The normalized spacial score (nSPS) is 17.0. The van der Waals surface area contributed by atoms with E-state index < -0.39 is 0 Å². The number of rotatable bonds is 6. The summed E-state index contributed by atoms with van der Waals surface area (Å²) in [7, 11) is 0. The Balaban J connectivity index is 1.30. The Hall–Kier alpha value is -3.09. The van der Waals surface area contributed by atoms with E-state index in [0.29, 0.717) is 13.0 Å². The number of aromatic amines is 1. The first-order chi connectivity index (χ1) is 13.3. The van der Waals surface area contributed by atoms with Crippen LogP contribution in [0.5, 0.6) is 0 Å². The standard InChI is InChI=1S/C20H24N6O/c27-18(9-11-21-15-5-2-1-3-6-15)25-16-7-4-12-26(13-16)20-17-8-10-22-19(17)23-14-24-20/h1-3,5-6,8,10,14,16,21H,4,7,9,11-13H2,(H,25,27)(H,22,23,24). The van der Waals surface area contributed by atoms with Crippen molar-refractivity contribution in [1.29, 1.82) is 0 Å². The van der Waals surface area contributed by atoms with Crippen molar-refractivity contribution in [2.24, 2.45) is 0 Å². The summed E-state index contributed by atoms with van der Waals surface area (Å²) in [5, 5.41) is 7.47. The number of carbonyl (C=O) groups is 1. The Kier molecular flexibility index (Phi) is 5.18. The highest BCUT2D eigenvalue weighted by molar-refractivity contribution is 5.87. The minimum atomic E-state index is 0.0831. The highest BCUT2D eigenvalue weighted by Crippen LogP contribution is 2.25. The van der Waals surface area contributed by atoms with Gasteiger partial charge in [-0.05, 0) is 31.0 Å². The van der Waals surface area contributed by atoms with Gasteiger partial charge < -0.3 is 20.5 Å². The summed E-state index contributed by atoms with van der Waals surface area (Å²) in [6.45, 7) is 2.34. The quantitative estimate of drug-likeness (QED) is 0.626. The molecule has 1 aromatic carbocycles.